The molecule has 1 N–H and O–H groups in total. The fraction of sp³-hybridized carbons (Fsp3) is 0.889. The molecule has 0 saturated heterocycles. The molecule has 0 rings (SSSR count). The van der Waals surface area contributed by atoms with Crippen LogP contribution in [-0.4, -0.2) is 37.2 Å². The first-order valence-electron chi connectivity index (χ1n) is 4.77. The van der Waals surface area contributed by atoms with Crippen molar-refractivity contribution in [2.75, 3.05) is 12.8 Å². The van der Waals surface area contributed by atoms with Crippen LogP contribution in [-0.2, 0) is 14.6 Å². The van der Waals surface area contributed by atoms with Gasteiger partial charge >= 0.3 is 0 Å². The molecule has 0 aromatic carbocycles. The summed E-state index contributed by atoms with van der Waals surface area (Å²) >= 11 is 3.41. The van der Waals surface area contributed by atoms with E-state index >= 15 is 0 Å². The molecular weight excluding hydrogens is 282 g/mol. The van der Waals surface area contributed by atoms with E-state index in [9.17, 15) is 13.2 Å². The Kier molecular flexibility index (Phi) is 5.80. The van der Waals surface area contributed by atoms with Crippen molar-refractivity contribution in [2.45, 2.75) is 30.8 Å². The van der Waals surface area contributed by atoms with Gasteiger partial charge in [0, 0.05) is 17.6 Å². The zero-order chi connectivity index (χ0) is 12.2. The van der Waals surface area contributed by atoms with E-state index in [2.05, 4.69) is 21.2 Å². The normalized spacial score (nSPS) is 16.1. The van der Waals surface area contributed by atoms with Gasteiger partial charge in [-0.3, -0.25) is 4.79 Å². The summed E-state index contributed by atoms with van der Waals surface area (Å²) < 4.78 is 22.2. The molecule has 0 aliphatic heterocycles. The van der Waals surface area contributed by atoms with Crippen LogP contribution in [0.2, 0.25) is 0 Å². The van der Waals surface area contributed by atoms with Gasteiger partial charge in [-0.1, -0.05) is 29.8 Å². The molecule has 0 aliphatic carbocycles. The second-order valence-corrected chi connectivity index (χ2v) is 7.52. The van der Waals surface area contributed by atoms with E-state index in [0.717, 1.165) is 6.26 Å². The smallest absolute Gasteiger partial charge is 0.238 e. The molecule has 6 heteroatoms. The maximum Gasteiger partial charge on any atom is 0.238 e. The molecule has 0 saturated carbocycles. The van der Waals surface area contributed by atoms with Crippen LogP contribution in [0.3, 0.4) is 0 Å². The van der Waals surface area contributed by atoms with Crippen molar-refractivity contribution in [3.05, 3.63) is 0 Å². The van der Waals surface area contributed by atoms with Crippen molar-refractivity contribution >= 4 is 31.7 Å². The molecule has 0 spiro atoms. The topological polar surface area (TPSA) is 63.2 Å². The number of hydrogen-bond acceptors (Lipinski definition) is 3. The van der Waals surface area contributed by atoms with Gasteiger partial charge in [-0.25, -0.2) is 8.42 Å². The number of halogens is 1. The van der Waals surface area contributed by atoms with Crippen LogP contribution in [0.4, 0.5) is 0 Å². The summed E-state index contributed by atoms with van der Waals surface area (Å²) in [6.45, 7) is 5.87. The first-order chi connectivity index (χ1) is 6.66. The van der Waals surface area contributed by atoms with Crippen LogP contribution in [0.25, 0.3) is 0 Å². The summed E-state index contributed by atoms with van der Waals surface area (Å²) in [7, 11) is -3.30. The van der Waals surface area contributed by atoms with Crippen LogP contribution in [0.1, 0.15) is 20.8 Å². The second-order valence-electron chi connectivity index (χ2n) is 3.98. The Morgan fingerprint density at radius 3 is 2.13 bits per heavy atom. The lowest BCUT2D eigenvalue weighted by Gasteiger charge is -2.16. The largest absolute Gasteiger partial charge is 0.354 e. The van der Waals surface area contributed by atoms with Gasteiger partial charge in [0.15, 0.2) is 9.84 Å². The standard InChI is InChI=1S/C9H18BrNO3S/c1-6(2)8(10)5-11-9(12)7(3)15(4,13)14/h6-8H,5H2,1-4H3,(H,11,12). The van der Waals surface area contributed by atoms with Crippen molar-refractivity contribution in [3.63, 3.8) is 0 Å². The average Bonchev–Trinajstić information content (AvgIpc) is 2.10. The number of hydrogen-bond donors (Lipinski definition) is 1. The van der Waals surface area contributed by atoms with E-state index in [-0.39, 0.29) is 4.83 Å². The zero-order valence-electron chi connectivity index (χ0n) is 9.45. The lowest BCUT2D eigenvalue weighted by molar-refractivity contribution is -0.120. The average molecular weight is 300 g/mol. The number of alkyl halides is 1. The van der Waals surface area contributed by atoms with Crippen molar-refractivity contribution in [2.24, 2.45) is 5.92 Å². The molecule has 2 unspecified atom stereocenters. The molecule has 4 nitrogen and oxygen atoms in total. The molecule has 0 radical (unpaired) electrons. The Morgan fingerprint density at radius 2 is 1.80 bits per heavy atom. The highest BCUT2D eigenvalue weighted by Crippen LogP contribution is 2.10. The Balaban J connectivity index is 4.17. The van der Waals surface area contributed by atoms with E-state index in [4.69, 9.17) is 0 Å². The number of rotatable bonds is 5. The first kappa shape index (κ1) is 14.9. The minimum Gasteiger partial charge on any atom is -0.354 e. The summed E-state index contributed by atoms with van der Waals surface area (Å²) in [6, 6.07) is 0. The SMILES string of the molecule is CC(C)C(Br)CNC(=O)C(C)S(C)(=O)=O. The summed E-state index contributed by atoms with van der Waals surface area (Å²) in [5, 5.41) is 1.62. The Bertz CT molecular complexity index is 313. The van der Waals surface area contributed by atoms with Gasteiger partial charge < -0.3 is 5.32 Å². The monoisotopic (exact) mass is 299 g/mol. The van der Waals surface area contributed by atoms with Crippen LogP contribution in [0.15, 0.2) is 0 Å². The van der Waals surface area contributed by atoms with Crippen LogP contribution >= 0.6 is 15.9 Å². The number of nitrogens with one attached hydrogen (secondary N) is 1. The van der Waals surface area contributed by atoms with Crippen molar-refractivity contribution in [1.29, 1.82) is 0 Å². The summed E-state index contributed by atoms with van der Waals surface area (Å²) in [6.07, 6.45) is 1.06. The van der Waals surface area contributed by atoms with Gasteiger partial charge in [0.05, 0.1) is 0 Å². The number of carbonyl (C=O) groups excluding carboxylic acids is 1. The molecule has 15 heavy (non-hydrogen) atoms. The molecule has 0 bridgehead atoms. The maximum atomic E-state index is 11.4. The third kappa shape index (κ3) is 5.51. The molecule has 0 fully saturated rings. The van der Waals surface area contributed by atoms with E-state index in [1.165, 1.54) is 6.92 Å². The highest BCUT2D eigenvalue weighted by Gasteiger charge is 2.23. The molecule has 1 amide bonds. The predicted molar refractivity (Wildman–Crippen MR) is 64.9 cm³/mol. The third-order valence-electron chi connectivity index (χ3n) is 2.21. The van der Waals surface area contributed by atoms with Crippen LogP contribution in [0, 0.1) is 5.92 Å². The molecule has 0 aromatic rings. The maximum absolute atomic E-state index is 11.4. The van der Waals surface area contributed by atoms with Crippen LogP contribution < -0.4 is 5.32 Å². The fourth-order valence-electron chi connectivity index (χ4n) is 0.772. The summed E-state index contributed by atoms with van der Waals surface area (Å²) in [5.74, 6) is -0.0542. The van der Waals surface area contributed by atoms with Gasteiger partial charge in [-0.15, -0.1) is 0 Å². The van der Waals surface area contributed by atoms with Crippen molar-refractivity contribution in [3.8, 4) is 0 Å². The predicted octanol–water partition coefficient (Wildman–Crippen LogP) is 0.955. The highest BCUT2D eigenvalue weighted by molar-refractivity contribution is 9.09. The number of amides is 1. The van der Waals surface area contributed by atoms with E-state index in [1.807, 2.05) is 13.8 Å². The Hall–Kier alpha value is -0.100. The minimum absolute atomic E-state index is 0.160. The lowest BCUT2D eigenvalue weighted by Crippen LogP contribution is -2.40. The summed E-state index contributed by atoms with van der Waals surface area (Å²) in [4.78, 5) is 11.6. The van der Waals surface area contributed by atoms with Crippen molar-refractivity contribution in [1.82, 2.24) is 5.32 Å². The van der Waals surface area contributed by atoms with Gasteiger partial charge in [-0.2, -0.15) is 0 Å². The van der Waals surface area contributed by atoms with E-state index in [1.54, 1.807) is 0 Å². The molecule has 0 aliphatic rings. The molecule has 2 atom stereocenters. The Morgan fingerprint density at radius 1 is 1.33 bits per heavy atom. The number of carbonyl (C=O) groups is 1. The highest BCUT2D eigenvalue weighted by atomic mass is 79.9. The van der Waals surface area contributed by atoms with Gasteiger partial charge in [-0.05, 0) is 12.8 Å². The lowest BCUT2D eigenvalue weighted by atomic mass is 10.1. The van der Waals surface area contributed by atoms with E-state index < -0.39 is 21.0 Å². The molecular formula is C9H18BrNO3S. The quantitative estimate of drug-likeness (QED) is 0.769. The number of sulfone groups is 1. The first-order valence-corrected chi connectivity index (χ1v) is 7.64. The van der Waals surface area contributed by atoms with Crippen LogP contribution in [0.5, 0.6) is 0 Å². The van der Waals surface area contributed by atoms with Gasteiger partial charge in [0.1, 0.15) is 5.25 Å². The fourth-order valence-corrected chi connectivity index (χ4v) is 1.41. The third-order valence-corrected chi connectivity index (χ3v) is 5.09. The van der Waals surface area contributed by atoms with Crippen molar-refractivity contribution < 1.29 is 13.2 Å². The summed E-state index contributed by atoms with van der Waals surface area (Å²) in [5.41, 5.74) is 0. The minimum atomic E-state index is -3.30. The van der Waals surface area contributed by atoms with Gasteiger partial charge in [0.2, 0.25) is 5.91 Å². The molecule has 90 valence electrons. The second kappa shape index (κ2) is 5.84. The van der Waals surface area contributed by atoms with Gasteiger partial charge in [0.25, 0.3) is 0 Å². The van der Waals surface area contributed by atoms with E-state index in [0.29, 0.717) is 12.5 Å². The zero-order valence-corrected chi connectivity index (χ0v) is 11.9. The Labute approximate surface area is 99.9 Å². The molecule has 0 heterocycles. The molecule has 0 aromatic heterocycles.